The molecule has 0 amide bonds. The molecule has 0 saturated carbocycles. The summed E-state index contributed by atoms with van der Waals surface area (Å²) in [7, 11) is 0. The number of benzene rings is 1. The number of hydrogen-bond acceptors (Lipinski definition) is 1. The van der Waals surface area contributed by atoms with E-state index in [2.05, 4.69) is 32.2 Å². The molecule has 70 valence electrons. The summed E-state index contributed by atoms with van der Waals surface area (Å²) in [5.41, 5.74) is 7.51. The lowest BCUT2D eigenvalue weighted by atomic mass is 9.90. The largest absolute Gasteiger partial charge is 0.312 e. The molecule has 1 nitrogen and oxygen atoms in total. The van der Waals surface area contributed by atoms with Gasteiger partial charge in [-0.15, -0.1) is 0 Å². The minimum Gasteiger partial charge on any atom is -0.312 e. The Morgan fingerprint density at radius 2 is 1.85 bits per heavy atom. The van der Waals surface area contributed by atoms with Crippen LogP contribution in [-0.4, -0.2) is 6.54 Å². The van der Waals surface area contributed by atoms with Crippen molar-refractivity contribution in [3.8, 4) is 0 Å². The number of nitrogens with one attached hydrogen (secondary N) is 1. The van der Waals surface area contributed by atoms with Gasteiger partial charge in [-0.3, -0.25) is 0 Å². The average molecular weight is 175 g/mol. The third-order valence-corrected chi connectivity index (χ3v) is 3.17. The Kier molecular flexibility index (Phi) is 2.12. The van der Waals surface area contributed by atoms with E-state index >= 15 is 0 Å². The fourth-order valence-corrected chi connectivity index (χ4v) is 2.24. The number of fused-ring (bicyclic) bond motifs is 1. The number of rotatable bonds is 0. The van der Waals surface area contributed by atoms with Gasteiger partial charge in [0.2, 0.25) is 0 Å². The lowest BCUT2D eigenvalue weighted by Gasteiger charge is -2.22. The molecule has 1 N–H and O–H groups in total. The van der Waals surface area contributed by atoms with Crippen LogP contribution in [0.2, 0.25) is 0 Å². The standard InChI is InChI=1S/C12H17N/c1-8-6-9(2)11-4-5-13-7-12(11)10(8)3/h6,13H,4-5,7H2,1-3H3. The summed E-state index contributed by atoms with van der Waals surface area (Å²) in [6.07, 6.45) is 1.20. The molecule has 0 radical (unpaired) electrons. The van der Waals surface area contributed by atoms with Crippen LogP contribution in [0.5, 0.6) is 0 Å². The van der Waals surface area contributed by atoms with Crippen LogP contribution in [0.15, 0.2) is 6.07 Å². The van der Waals surface area contributed by atoms with Gasteiger partial charge in [-0.05, 0) is 61.6 Å². The third-order valence-electron chi connectivity index (χ3n) is 3.17. The van der Waals surface area contributed by atoms with Gasteiger partial charge in [0.05, 0.1) is 0 Å². The second-order valence-electron chi connectivity index (χ2n) is 4.02. The first kappa shape index (κ1) is 8.76. The third kappa shape index (κ3) is 1.37. The summed E-state index contributed by atoms with van der Waals surface area (Å²) < 4.78 is 0. The monoisotopic (exact) mass is 175 g/mol. The number of aryl methyl sites for hydroxylation is 2. The van der Waals surface area contributed by atoms with E-state index in [1.54, 1.807) is 11.1 Å². The first-order valence-electron chi connectivity index (χ1n) is 4.99. The molecule has 0 unspecified atom stereocenters. The SMILES string of the molecule is Cc1cc(C)c2c(c1C)CNCC2. The lowest BCUT2D eigenvalue weighted by molar-refractivity contribution is 0.637. The summed E-state index contributed by atoms with van der Waals surface area (Å²) in [5.74, 6) is 0. The molecule has 1 heterocycles. The van der Waals surface area contributed by atoms with Crippen molar-refractivity contribution in [1.82, 2.24) is 5.32 Å². The van der Waals surface area contributed by atoms with E-state index in [0.29, 0.717) is 0 Å². The summed E-state index contributed by atoms with van der Waals surface area (Å²) in [4.78, 5) is 0. The Bertz CT molecular complexity index is 339. The summed E-state index contributed by atoms with van der Waals surface area (Å²) in [6.45, 7) is 8.87. The van der Waals surface area contributed by atoms with Crippen molar-refractivity contribution in [3.63, 3.8) is 0 Å². The van der Waals surface area contributed by atoms with Crippen LogP contribution in [0, 0.1) is 20.8 Å². The molecule has 0 aromatic heterocycles. The fourth-order valence-electron chi connectivity index (χ4n) is 2.24. The van der Waals surface area contributed by atoms with Crippen molar-refractivity contribution in [1.29, 1.82) is 0 Å². The lowest BCUT2D eigenvalue weighted by Crippen LogP contribution is -2.25. The molecule has 0 atom stereocenters. The Hall–Kier alpha value is -0.820. The van der Waals surface area contributed by atoms with E-state index in [9.17, 15) is 0 Å². The first-order valence-corrected chi connectivity index (χ1v) is 4.99. The predicted octanol–water partition coefficient (Wildman–Crippen LogP) is 2.26. The first-order chi connectivity index (χ1) is 6.20. The quantitative estimate of drug-likeness (QED) is 0.637. The van der Waals surface area contributed by atoms with E-state index in [1.165, 1.54) is 23.1 Å². The maximum atomic E-state index is 3.44. The van der Waals surface area contributed by atoms with Gasteiger partial charge in [0.25, 0.3) is 0 Å². The van der Waals surface area contributed by atoms with Crippen LogP contribution in [0.4, 0.5) is 0 Å². The zero-order chi connectivity index (χ0) is 9.42. The molecule has 13 heavy (non-hydrogen) atoms. The van der Waals surface area contributed by atoms with Gasteiger partial charge >= 0.3 is 0 Å². The average Bonchev–Trinajstić information content (AvgIpc) is 2.15. The summed E-state index contributed by atoms with van der Waals surface area (Å²) in [5, 5.41) is 3.44. The van der Waals surface area contributed by atoms with Crippen molar-refractivity contribution in [3.05, 3.63) is 33.9 Å². The minimum atomic E-state index is 1.06. The smallest absolute Gasteiger partial charge is 0.0211 e. The summed E-state index contributed by atoms with van der Waals surface area (Å²) in [6, 6.07) is 2.32. The van der Waals surface area contributed by atoms with Gasteiger partial charge < -0.3 is 5.32 Å². The normalized spacial score (nSPS) is 15.6. The van der Waals surface area contributed by atoms with Crippen LogP contribution >= 0.6 is 0 Å². The second kappa shape index (κ2) is 3.15. The van der Waals surface area contributed by atoms with Gasteiger partial charge in [-0.2, -0.15) is 0 Å². The zero-order valence-corrected chi connectivity index (χ0v) is 8.70. The highest BCUT2D eigenvalue weighted by Crippen LogP contribution is 2.24. The maximum absolute atomic E-state index is 3.44. The molecular formula is C12H17N. The van der Waals surface area contributed by atoms with Crippen molar-refractivity contribution < 1.29 is 0 Å². The Balaban J connectivity index is 2.63. The van der Waals surface area contributed by atoms with Crippen molar-refractivity contribution in [2.24, 2.45) is 0 Å². The molecule has 0 aliphatic carbocycles. The van der Waals surface area contributed by atoms with E-state index in [4.69, 9.17) is 0 Å². The highest BCUT2D eigenvalue weighted by molar-refractivity contribution is 5.45. The van der Waals surface area contributed by atoms with Gasteiger partial charge in [-0.1, -0.05) is 6.07 Å². The van der Waals surface area contributed by atoms with Crippen LogP contribution in [-0.2, 0) is 13.0 Å². The Morgan fingerprint density at radius 1 is 1.08 bits per heavy atom. The molecule has 1 aromatic rings. The van der Waals surface area contributed by atoms with E-state index in [-0.39, 0.29) is 0 Å². The van der Waals surface area contributed by atoms with Gasteiger partial charge in [-0.25, -0.2) is 0 Å². The Labute approximate surface area is 80.2 Å². The highest BCUT2D eigenvalue weighted by atomic mass is 14.9. The maximum Gasteiger partial charge on any atom is 0.0211 e. The van der Waals surface area contributed by atoms with Crippen LogP contribution in [0.25, 0.3) is 0 Å². The molecule has 1 aliphatic rings. The van der Waals surface area contributed by atoms with Crippen molar-refractivity contribution in [2.75, 3.05) is 6.54 Å². The van der Waals surface area contributed by atoms with E-state index < -0.39 is 0 Å². The Morgan fingerprint density at radius 3 is 2.62 bits per heavy atom. The van der Waals surface area contributed by atoms with Crippen LogP contribution in [0.3, 0.4) is 0 Å². The van der Waals surface area contributed by atoms with Gasteiger partial charge in [0, 0.05) is 6.54 Å². The van der Waals surface area contributed by atoms with E-state index in [0.717, 1.165) is 13.1 Å². The van der Waals surface area contributed by atoms with Crippen molar-refractivity contribution >= 4 is 0 Å². The van der Waals surface area contributed by atoms with Crippen LogP contribution < -0.4 is 5.32 Å². The molecular weight excluding hydrogens is 158 g/mol. The minimum absolute atomic E-state index is 1.06. The molecule has 2 rings (SSSR count). The molecule has 0 bridgehead atoms. The molecule has 1 aliphatic heterocycles. The molecule has 0 fully saturated rings. The van der Waals surface area contributed by atoms with Crippen molar-refractivity contribution in [2.45, 2.75) is 33.7 Å². The molecule has 1 aromatic carbocycles. The van der Waals surface area contributed by atoms with Crippen LogP contribution in [0.1, 0.15) is 27.8 Å². The second-order valence-corrected chi connectivity index (χ2v) is 4.02. The van der Waals surface area contributed by atoms with E-state index in [1.807, 2.05) is 0 Å². The molecule has 0 spiro atoms. The number of hydrogen-bond donors (Lipinski definition) is 1. The predicted molar refractivity (Wildman–Crippen MR) is 56.1 cm³/mol. The zero-order valence-electron chi connectivity index (χ0n) is 8.70. The molecule has 1 heteroatoms. The van der Waals surface area contributed by atoms with Gasteiger partial charge in [0.1, 0.15) is 0 Å². The molecule has 0 saturated heterocycles. The fraction of sp³-hybridized carbons (Fsp3) is 0.500. The van der Waals surface area contributed by atoms with Gasteiger partial charge in [0.15, 0.2) is 0 Å². The highest BCUT2D eigenvalue weighted by Gasteiger charge is 2.14. The topological polar surface area (TPSA) is 12.0 Å². The summed E-state index contributed by atoms with van der Waals surface area (Å²) >= 11 is 0.